The highest BCUT2D eigenvalue weighted by Gasteiger charge is 2.32. The summed E-state index contributed by atoms with van der Waals surface area (Å²) in [6.07, 6.45) is 1.98. The van der Waals surface area contributed by atoms with Gasteiger partial charge in [-0.25, -0.2) is 21.1 Å². The summed E-state index contributed by atoms with van der Waals surface area (Å²) in [6, 6.07) is 9.01. The van der Waals surface area contributed by atoms with E-state index >= 15 is 0 Å². The molecule has 1 heterocycles. The SMILES string of the molecule is CS(=O)(=O)C1CCN(S(=O)(=O)Cc2ccccc2)CC1. The van der Waals surface area contributed by atoms with Crippen LogP contribution in [0, 0.1) is 0 Å². The third-order valence-electron chi connectivity index (χ3n) is 3.59. The van der Waals surface area contributed by atoms with Gasteiger partial charge < -0.3 is 0 Å². The summed E-state index contributed by atoms with van der Waals surface area (Å²) in [4.78, 5) is 0. The summed E-state index contributed by atoms with van der Waals surface area (Å²) in [6.45, 7) is 0.569. The van der Waals surface area contributed by atoms with Crippen molar-refractivity contribution in [3.05, 3.63) is 35.9 Å². The second-order valence-corrected chi connectivity index (χ2v) is 9.46. The van der Waals surface area contributed by atoms with Gasteiger partial charge in [0.15, 0.2) is 0 Å². The van der Waals surface area contributed by atoms with Crippen molar-refractivity contribution < 1.29 is 16.8 Å². The Morgan fingerprint density at radius 2 is 1.60 bits per heavy atom. The van der Waals surface area contributed by atoms with Crippen molar-refractivity contribution >= 4 is 19.9 Å². The number of rotatable bonds is 4. The van der Waals surface area contributed by atoms with Crippen molar-refractivity contribution in [2.75, 3.05) is 19.3 Å². The van der Waals surface area contributed by atoms with Crippen molar-refractivity contribution in [2.24, 2.45) is 0 Å². The zero-order valence-electron chi connectivity index (χ0n) is 11.4. The first-order valence-electron chi connectivity index (χ1n) is 6.50. The number of sulfone groups is 1. The largest absolute Gasteiger partial charge is 0.229 e. The Labute approximate surface area is 120 Å². The lowest BCUT2D eigenvalue weighted by molar-refractivity contribution is 0.345. The van der Waals surface area contributed by atoms with Gasteiger partial charge in [0.25, 0.3) is 0 Å². The van der Waals surface area contributed by atoms with E-state index in [4.69, 9.17) is 0 Å². The number of piperidine rings is 1. The minimum Gasteiger partial charge on any atom is -0.229 e. The fourth-order valence-electron chi connectivity index (χ4n) is 2.41. The third kappa shape index (κ3) is 3.80. The minimum absolute atomic E-state index is 0.0304. The minimum atomic E-state index is -3.37. The monoisotopic (exact) mass is 317 g/mol. The number of benzene rings is 1. The molecule has 1 aliphatic heterocycles. The Kier molecular flexibility index (Phi) is 4.51. The van der Waals surface area contributed by atoms with Crippen LogP contribution in [0.1, 0.15) is 18.4 Å². The van der Waals surface area contributed by atoms with Gasteiger partial charge in [0.2, 0.25) is 10.0 Å². The van der Waals surface area contributed by atoms with Gasteiger partial charge in [-0.15, -0.1) is 0 Å². The molecule has 112 valence electrons. The first-order chi connectivity index (χ1) is 9.29. The van der Waals surface area contributed by atoms with E-state index in [0.29, 0.717) is 12.8 Å². The smallest absolute Gasteiger partial charge is 0.218 e. The molecule has 0 aliphatic carbocycles. The fraction of sp³-hybridized carbons (Fsp3) is 0.538. The Hall–Kier alpha value is -0.920. The lowest BCUT2D eigenvalue weighted by Crippen LogP contribution is -2.42. The maximum atomic E-state index is 12.3. The van der Waals surface area contributed by atoms with E-state index in [0.717, 1.165) is 5.56 Å². The van der Waals surface area contributed by atoms with E-state index in [1.54, 1.807) is 24.3 Å². The van der Waals surface area contributed by atoms with Gasteiger partial charge in [0.05, 0.1) is 11.0 Å². The molecular formula is C13H19NO4S2. The summed E-state index contributed by atoms with van der Waals surface area (Å²) in [5.41, 5.74) is 0.748. The molecule has 1 fully saturated rings. The molecule has 7 heteroatoms. The Balaban J connectivity index is 2.03. The lowest BCUT2D eigenvalue weighted by Gasteiger charge is -2.30. The molecule has 0 amide bonds. The quantitative estimate of drug-likeness (QED) is 0.831. The number of hydrogen-bond donors (Lipinski definition) is 0. The number of nitrogens with zero attached hydrogens (tertiary/aromatic N) is 1. The van der Waals surface area contributed by atoms with E-state index in [-0.39, 0.29) is 18.8 Å². The Morgan fingerprint density at radius 1 is 1.05 bits per heavy atom. The van der Waals surface area contributed by atoms with Crippen LogP contribution in [0.4, 0.5) is 0 Å². The first kappa shape index (κ1) is 15.5. The number of hydrogen-bond acceptors (Lipinski definition) is 4. The van der Waals surface area contributed by atoms with Crippen LogP contribution in [-0.2, 0) is 25.6 Å². The van der Waals surface area contributed by atoms with E-state index in [1.807, 2.05) is 6.07 Å². The van der Waals surface area contributed by atoms with Crippen LogP contribution in [0.5, 0.6) is 0 Å². The molecular weight excluding hydrogens is 298 g/mol. The molecule has 5 nitrogen and oxygen atoms in total. The molecule has 1 aromatic rings. The molecule has 0 bridgehead atoms. The van der Waals surface area contributed by atoms with E-state index in [9.17, 15) is 16.8 Å². The molecule has 0 unspecified atom stereocenters. The molecule has 0 N–H and O–H groups in total. The van der Waals surface area contributed by atoms with Gasteiger partial charge in [-0.05, 0) is 18.4 Å². The Bertz CT molecular complexity index is 645. The third-order valence-corrected chi connectivity index (χ3v) is 7.12. The van der Waals surface area contributed by atoms with Crippen LogP contribution in [0.2, 0.25) is 0 Å². The maximum absolute atomic E-state index is 12.3. The van der Waals surface area contributed by atoms with Gasteiger partial charge in [0, 0.05) is 19.3 Å². The zero-order valence-corrected chi connectivity index (χ0v) is 13.0. The topological polar surface area (TPSA) is 71.5 Å². The van der Waals surface area contributed by atoms with Crippen LogP contribution in [0.25, 0.3) is 0 Å². The van der Waals surface area contributed by atoms with Crippen LogP contribution in [0.15, 0.2) is 30.3 Å². The Morgan fingerprint density at radius 3 is 2.10 bits per heavy atom. The normalized spacial score (nSPS) is 19.1. The molecule has 0 atom stereocenters. The van der Waals surface area contributed by atoms with E-state index < -0.39 is 25.1 Å². The predicted octanol–water partition coefficient (Wildman–Crippen LogP) is 1.03. The molecule has 0 saturated carbocycles. The molecule has 1 aromatic carbocycles. The summed E-state index contributed by atoms with van der Waals surface area (Å²) in [5, 5.41) is -0.411. The molecule has 0 spiro atoms. The summed E-state index contributed by atoms with van der Waals surface area (Å²) in [5.74, 6) is -0.0304. The lowest BCUT2D eigenvalue weighted by atomic mass is 10.2. The van der Waals surface area contributed by atoms with Gasteiger partial charge in [0.1, 0.15) is 9.84 Å². The fourth-order valence-corrected chi connectivity index (χ4v) is 5.05. The molecule has 0 radical (unpaired) electrons. The second kappa shape index (κ2) is 5.83. The van der Waals surface area contributed by atoms with Crippen molar-refractivity contribution in [2.45, 2.75) is 23.8 Å². The average molecular weight is 317 g/mol. The molecule has 1 saturated heterocycles. The number of sulfonamides is 1. The van der Waals surface area contributed by atoms with Crippen LogP contribution < -0.4 is 0 Å². The summed E-state index contributed by atoms with van der Waals surface area (Å²) in [7, 11) is -6.44. The highest BCUT2D eigenvalue weighted by atomic mass is 32.2. The standard InChI is InChI=1S/C13H19NO4S2/c1-19(15,16)13-7-9-14(10-8-13)20(17,18)11-12-5-3-2-4-6-12/h2-6,13H,7-11H2,1H3. The van der Waals surface area contributed by atoms with Crippen LogP contribution >= 0.6 is 0 Å². The van der Waals surface area contributed by atoms with Crippen molar-refractivity contribution in [1.82, 2.24) is 4.31 Å². The van der Waals surface area contributed by atoms with Crippen molar-refractivity contribution in [3.63, 3.8) is 0 Å². The van der Waals surface area contributed by atoms with Gasteiger partial charge in [-0.2, -0.15) is 0 Å². The van der Waals surface area contributed by atoms with Crippen LogP contribution in [-0.4, -0.2) is 45.7 Å². The van der Waals surface area contributed by atoms with Crippen molar-refractivity contribution in [1.29, 1.82) is 0 Å². The average Bonchev–Trinajstić information content (AvgIpc) is 2.38. The van der Waals surface area contributed by atoms with E-state index in [2.05, 4.69) is 0 Å². The van der Waals surface area contributed by atoms with Gasteiger partial charge in [-0.1, -0.05) is 30.3 Å². The van der Waals surface area contributed by atoms with Gasteiger partial charge in [-0.3, -0.25) is 0 Å². The highest BCUT2D eigenvalue weighted by molar-refractivity contribution is 7.91. The molecule has 2 rings (SSSR count). The van der Waals surface area contributed by atoms with Crippen molar-refractivity contribution in [3.8, 4) is 0 Å². The van der Waals surface area contributed by atoms with E-state index in [1.165, 1.54) is 10.6 Å². The summed E-state index contributed by atoms with van der Waals surface area (Å²) < 4.78 is 48.9. The van der Waals surface area contributed by atoms with Crippen LogP contribution in [0.3, 0.4) is 0 Å². The first-order valence-corrected chi connectivity index (χ1v) is 10.1. The summed E-state index contributed by atoms with van der Waals surface area (Å²) >= 11 is 0. The van der Waals surface area contributed by atoms with Gasteiger partial charge >= 0.3 is 0 Å². The molecule has 1 aliphatic rings. The predicted molar refractivity (Wildman–Crippen MR) is 78.5 cm³/mol. The second-order valence-electron chi connectivity index (χ2n) is 5.17. The zero-order chi connectivity index (χ0) is 14.8. The maximum Gasteiger partial charge on any atom is 0.218 e. The molecule has 20 heavy (non-hydrogen) atoms. The molecule has 0 aromatic heterocycles. The highest BCUT2D eigenvalue weighted by Crippen LogP contribution is 2.21.